The molecule has 1 aromatic heterocycles. The smallest absolute Gasteiger partial charge is 0.337 e. The van der Waals surface area contributed by atoms with Crippen molar-refractivity contribution in [2.75, 3.05) is 0 Å². The second-order valence-corrected chi connectivity index (χ2v) is 4.59. The molecule has 0 aliphatic heterocycles. The first-order valence-electron chi connectivity index (χ1n) is 5.89. The fourth-order valence-electron chi connectivity index (χ4n) is 2.51. The Labute approximate surface area is 98.9 Å². The maximum absolute atomic E-state index is 11.1. The highest BCUT2D eigenvalue weighted by atomic mass is 16.4. The topological polar surface area (TPSA) is 55.1 Å². The molecule has 0 unspecified atom stereocenters. The summed E-state index contributed by atoms with van der Waals surface area (Å²) >= 11 is 0. The summed E-state index contributed by atoms with van der Waals surface area (Å²) in [6.07, 6.45) is 3.59. The Bertz CT molecular complexity index is 597. The van der Waals surface area contributed by atoms with Gasteiger partial charge in [-0.2, -0.15) is 0 Å². The number of benzene rings is 1. The number of nitrogens with zero attached hydrogens (tertiary/aromatic N) is 2. The third-order valence-electron chi connectivity index (χ3n) is 3.57. The molecular weight excluding hydrogens is 216 g/mol. The van der Waals surface area contributed by atoms with E-state index >= 15 is 0 Å². The fraction of sp³-hybridized carbons (Fsp3) is 0.385. The maximum atomic E-state index is 11.1. The number of aromatic carboxylic acids is 1. The van der Waals surface area contributed by atoms with Crippen molar-refractivity contribution in [3.63, 3.8) is 0 Å². The lowest BCUT2D eigenvalue weighted by Gasteiger charge is -2.28. The molecule has 4 nitrogen and oxygen atoms in total. The molecule has 0 saturated heterocycles. The largest absolute Gasteiger partial charge is 0.478 e. The van der Waals surface area contributed by atoms with E-state index in [0.29, 0.717) is 17.1 Å². The molecule has 17 heavy (non-hydrogen) atoms. The van der Waals surface area contributed by atoms with E-state index in [-0.39, 0.29) is 0 Å². The van der Waals surface area contributed by atoms with Crippen LogP contribution in [0.3, 0.4) is 0 Å². The number of aromatic nitrogens is 2. The predicted octanol–water partition coefficient (Wildman–Crippen LogP) is 2.77. The number of para-hydroxylation sites is 1. The molecule has 1 aromatic carbocycles. The average molecular weight is 230 g/mol. The summed E-state index contributed by atoms with van der Waals surface area (Å²) < 4.78 is 2.19. The van der Waals surface area contributed by atoms with Crippen LogP contribution >= 0.6 is 0 Å². The molecule has 0 spiro atoms. The average Bonchev–Trinajstić information content (AvgIpc) is 2.53. The molecule has 0 radical (unpaired) electrons. The van der Waals surface area contributed by atoms with Crippen molar-refractivity contribution in [2.24, 2.45) is 0 Å². The van der Waals surface area contributed by atoms with Gasteiger partial charge in [0.15, 0.2) is 0 Å². The Morgan fingerprint density at radius 3 is 2.82 bits per heavy atom. The van der Waals surface area contributed by atoms with E-state index in [4.69, 9.17) is 5.11 Å². The summed E-state index contributed by atoms with van der Waals surface area (Å²) in [7, 11) is 0. The standard InChI is InChI=1S/C13H14N2O2/c1-8-14-12-10(13(16)17)6-3-7-11(12)15(8)9-4-2-5-9/h3,6-7,9H,2,4-5H2,1H3,(H,16,17). The molecule has 1 aliphatic rings. The van der Waals surface area contributed by atoms with Crippen molar-refractivity contribution in [3.8, 4) is 0 Å². The summed E-state index contributed by atoms with van der Waals surface area (Å²) in [6.45, 7) is 1.95. The monoisotopic (exact) mass is 230 g/mol. The molecule has 2 aromatic rings. The van der Waals surface area contributed by atoms with Crippen LogP contribution in [-0.4, -0.2) is 20.6 Å². The minimum Gasteiger partial charge on any atom is -0.478 e. The van der Waals surface area contributed by atoms with Crippen LogP contribution in [0, 0.1) is 6.92 Å². The Morgan fingerprint density at radius 2 is 2.24 bits per heavy atom. The predicted molar refractivity (Wildman–Crippen MR) is 64.3 cm³/mol. The van der Waals surface area contributed by atoms with Crippen LogP contribution in [-0.2, 0) is 0 Å². The van der Waals surface area contributed by atoms with Gasteiger partial charge in [0.05, 0.1) is 11.1 Å². The first-order valence-corrected chi connectivity index (χ1v) is 5.89. The minimum atomic E-state index is -0.908. The van der Waals surface area contributed by atoms with Crippen molar-refractivity contribution >= 4 is 17.0 Å². The zero-order valence-corrected chi connectivity index (χ0v) is 9.68. The van der Waals surface area contributed by atoms with Gasteiger partial charge in [-0.1, -0.05) is 6.07 Å². The summed E-state index contributed by atoms with van der Waals surface area (Å²) in [5, 5.41) is 9.14. The van der Waals surface area contributed by atoms with E-state index in [1.54, 1.807) is 12.1 Å². The molecule has 1 saturated carbocycles. The molecule has 88 valence electrons. The molecule has 0 bridgehead atoms. The number of hydrogen-bond donors (Lipinski definition) is 1. The van der Waals surface area contributed by atoms with Gasteiger partial charge in [0.25, 0.3) is 0 Å². The molecule has 1 heterocycles. The zero-order chi connectivity index (χ0) is 12.0. The SMILES string of the molecule is Cc1nc2c(C(=O)O)cccc2n1C1CCC1. The second-order valence-electron chi connectivity index (χ2n) is 4.59. The van der Waals surface area contributed by atoms with Gasteiger partial charge in [0.2, 0.25) is 0 Å². The molecule has 4 heteroatoms. The molecule has 1 fully saturated rings. The van der Waals surface area contributed by atoms with Crippen LogP contribution in [0.5, 0.6) is 0 Å². The highest BCUT2D eigenvalue weighted by Gasteiger charge is 2.24. The first kappa shape index (κ1) is 10.3. The maximum Gasteiger partial charge on any atom is 0.337 e. The highest BCUT2D eigenvalue weighted by molar-refractivity contribution is 6.01. The fourth-order valence-corrected chi connectivity index (χ4v) is 2.51. The van der Waals surface area contributed by atoms with Crippen LogP contribution < -0.4 is 0 Å². The van der Waals surface area contributed by atoms with E-state index in [1.165, 1.54) is 19.3 Å². The Kier molecular flexibility index (Phi) is 2.18. The van der Waals surface area contributed by atoms with Gasteiger partial charge in [0.1, 0.15) is 11.3 Å². The van der Waals surface area contributed by atoms with Crippen LogP contribution in [0.1, 0.15) is 41.5 Å². The van der Waals surface area contributed by atoms with E-state index in [2.05, 4.69) is 9.55 Å². The quantitative estimate of drug-likeness (QED) is 0.863. The van der Waals surface area contributed by atoms with Crippen LogP contribution in [0.15, 0.2) is 18.2 Å². The van der Waals surface area contributed by atoms with E-state index in [9.17, 15) is 4.79 Å². The molecule has 1 aliphatic carbocycles. The van der Waals surface area contributed by atoms with Gasteiger partial charge in [-0.05, 0) is 38.3 Å². The number of fused-ring (bicyclic) bond motifs is 1. The van der Waals surface area contributed by atoms with E-state index in [1.807, 2.05) is 13.0 Å². The van der Waals surface area contributed by atoms with Gasteiger partial charge in [-0.25, -0.2) is 9.78 Å². The number of aryl methyl sites for hydroxylation is 1. The minimum absolute atomic E-state index is 0.295. The second kappa shape index (κ2) is 3.58. The third-order valence-corrected chi connectivity index (χ3v) is 3.57. The lowest BCUT2D eigenvalue weighted by molar-refractivity contribution is 0.0699. The van der Waals surface area contributed by atoms with E-state index < -0.39 is 5.97 Å². The Balaban J connectivity index is 2.26. The molecule has 1 N–H and O–H groups in total. The van der Waals surface area contributed by atoms with Crippen molar-refractivity contribution in [1.82, 2.24) is 9.55 Å². The van der Waals surface area contributed by atoms with Gasteiger partial charge < -0.3 is 9.67 Å². The summed E-state index contributed by atoms with van der Waals surface area (Å²) in [5.74, 6) is 0.00672. The number of carboxylic acid groups (broad SMARTS) is 1. The number of carboxylic acids is 1. The van der Waals surface area contributed by atoms with Crippen molar-refractivity contribution in [1.29, 1.82) is 0 Å². The van der Waals surface area contributed by atoms with Gasteiger partial charge in [-0.15, -0.1) is 0 Å². The molecule has 0 amide bonds. The van der Waals surface area contributed by atoms with Gasteiger partial charge >= 0.3 is 5.97 Å². The summed E-state index contributed by atoms with van der Waals surface area (Å²) in [4.78, 5) is 15.6. The molecular formula is C13H14N2O2. The van der Waals surface area contributed by atoms with Crippen molar-refractivity contribution < 1.29 is 9.90 Å². The van der Waals surface area contributed by atoms with Gasteiger partial charge in [-0.3, -0.25) is 0 Å². The van der Waals surface area contributed by atoms with Crippen molar-refractivity contribution in [3.05, 3.63) is 29.6 Å². The highest BCUT2D eigenvalue weighted by Crippen LogP contribution is 2.35. The van der Waals surface area contributed by atoms with Crippen LogP contribution in [0.2, 0.25) is 0 Å². The Hall–Kier alpha value is -1.84. The Morgan fingerprint density at radius 1 is 1.47 bits per heavy atom. The number of hydrogen-bond acceptors (Lipinski definition) is 2. The first-order chi connectivity index (χ1) is 8.18. The lowest BCUT2D eigenvalue weighted by atomic mass is 9.92. The normalized spacial score (nSPS) is 16.1. The van der Waals surface area contributed by atoms with Crippen molar-refractivity contribution in [2.45, 2.75) is 32.2 Å². The van der Waals surface area contributed by atoms with Gasteiger partial charge in [0, 0.05) is 6.04 Å². The van der Waals surface area contributed by atoms with Crippen LogP contribution in [0.4, 0.5) is 0 Å². The number of rotatable bonds is 2. The zero-order valence-electron chi connectivity index (χ0n) is 9.68. The molecule has 0 atom stereocenters. The van der Waals surface area contributed by atoms with E-state index in [0.717, 1.165) is 11.3 Å². The third kappa shape index (κ3) is 1.44. The number of imidazole rings is 1. The summed E-state index contributed by atoms with van der Waals surface area (Å²) in [6, 6.07) is 5.87. The molecule has 3 rings (SSSR count). The summed E-state index contributed by atoms with van der Waals surface area (Å²) in [5.41, 5.74) is 1.86. The number of carbonyl (C=O) groups is 1. The lowest BCUT2D eigenvalue weighted by Crippen LogP contribution is -2.17. The van der Waals surface area contributed by atoms with Crippen LogP contribution in [0.25, 0.3) is 11.0 Å².